The van der Waals surface area contributed by atoms with Crippen LogP contribution in [0.3, 0.4) is 0 Å². The van der Waals surface area contributed by atoms with E-state index in [0.717, 1.165) is 22.3 Å². The van der Waals surface area contributed by atoms with Crippen LogP contribution in [-0.2, 0) is 29.0 Å². The van der Waals surface area contributed by atoms with E-state index in [-0.39, 0.29) is 18.2 Å². The van der Waals surface area contributed by atoms with Crippen molar-refractivity contribution < 1.29 is 9.59 Å². The van der Waals surface area contributed by atoms with E-state index in [1.807, 2.05) is 85.8 Å². The Morgan fingerprint density at radius 3 is 2.19 bits per heavy atom. The molecule has 0 aromatic heterocycles. The van der Waals surface area contributed by atoms with Crippen LogP contribution in [0.25, 0.3) is 0 Å². The normalized spacial score (nSPS) is 11.6. The SMILES string of the molecule is CNC(=O)[C@@H](Cc1ccccc1)N(Cc1ccccc1C)C(=O)CCc1ccccc1Cl. The van der Waals surface area contributed by atoms with Crippen molar-refractivity contribution in [3.63, 3.8) is 0 Å². The molecule has 166 valence electrons. The molecule has 0 fully saturated rings. The van der Waals surface area contributed by atoms with Crippen LogP contribution in [-0.4, -0.2) is 29.8 Å². The van der Waals surface area contributed by atoms with Gasteiger partial charge in [0.15, 0.2) is 0 Å². The molecule has 1 N–H and O–H groups in total. The number of rotatable bonds is 9. The van der Waals surface area contributed by atoms with Crippen LogP contribution in [0.4, 0.5) is 0 Å². The van der Waals surface area contributed by atoms with Crippen molar-refractivity contribution in [2.24, 2.45) is 0 Å². The molecule has 32 heavy (non-hydrogen) atoms. The molecule has 0 saturated carbocycles. The van der Waals surface area contributed by atoms with Gasteiger partial charge in [0.2, 0.25) is 11.8 Å². The van der Waals surface area contributed by atoms with Gasteiger partial charge in [0.1, 0.15) is 6.04 Å². The van der Waals surface area contributed by atoms with Crippen LogP contribution < -0.4 is 5.32 Å². The van der Waals surface area contributed by atoms with Crippen molar-refractivity contribution >= 4 is 23.4 Å². The van der Waals surface area contributed by atoms with Crippen molar-refractivity contribution in [2.45, 2.75) is 38.8 Å². The second-order valence-corrected chi connectivity index (χ2v) is 8.27. The van der Waals surface area contributed by atoms with Gasteiger partial charge in [-0.2, -0.15) is 0 Å². The van der Waals surface area contributed by atoms with Crippen molar-refractivity contribution in [3.8, 4) is 0 Å². The third-order valence-corrected chi connectivity index (χ3v) is 6.05. The predicted octanol–water partition coefficient (Wildman–Crippen LogP) is 4.97. The smallest absolute Gasteiger partial charge is 0.242 e. The summed E-state index contributed by atoms with van der Waals surface area (Å²) in [6.45, 7) is 2.40. The average Bonchev–Trinajstić information content (AvgIpc) is 2.82. The monoisotopic (exact) mass is 448 g/mol. The molecule has 0 aliphatic rings. The molecule has 3 rings (SSSR count). The molecule has 3 aromatic carbocycles. The van der Waals surface area contributed by atoms with E-state index < -0.39 is 6.04 Å². The summed E-state index contributed by atoms with van der Waals surface area (Å²) in [4.78, 5) is 28.2. The first-order valence-corrected chi connectivity index (χ1v) is 11.2. The standard InChI is InChI=1S/C27H29ClN2O2/c1-20-10-6-7-14-23(20)19-30(26(31)17-16-22-13-8-9-15-24(22)28)25(27(32)29-2)18-21-11-4-3-5-12-21/h3-15,25H,16-19H2,1-2H3,(H,29,32)/t25-/m1/s1. The summed E-state index contributed by atoms with van der Waals surface area (Å²) < 4.78 is 0. The Bertz CT molecular complexity index is 1050. The fourth-order valence-corrected chi connectivity index (χ4v) is 4.01. The first-order valence-electron chi connectivity index (χ1n) is 10.8. The summed E-state index contributed by atoms with van der Waals surface area (Å²) in [5.74, 6) is -0.244. The van der Waals surface area contributed by atoms with Gasteiger partial charge < -0.3 is 10.2 Å². The molecule has 1 atom stereocenters. The van der Waals surface area contributed by atoms with E-state index in [9.17, 15) is 9.59 Å². The van der Waals surface area contributed by atoms with Crippen LogP contribution >= 0.6 is 11.6 Å². The maximum atomic E-state index is 13.5. The zero-order valence-electron chi connectivity index (χ0n) is 18.6. The minimum atomic E-state index is -0.610. The Kier molecular flexibility index (Phi) is 8.46. The number of carbonyl (C=O) groups excluding carboxylic acids is 2. The lowest BCUT2D eigenvalue weighted by molar-refractivity contribution is -0.141. The highest BCUT2D eigenvalue weighted by molar-refractivity contribution is 6.31. The quantitative estimate of drug-likeness (QED) is 0.502. The topological polar surface area (TPSA) is 49.4 Å². The zero-order chi connectivity index (χ0) is 22.9. The summed E-state index contributed by atoms with van der Waals surface area (Å²) in [6, 6.07) is 24.7. The van der Waals surface area contributed by atoms with E-state index in [1.165, 1.54) is 0 Å². The summed E-state index contributed by atoms with van der Waals surface area (Å²) in [7, 11) is 1.61. The first-order chi connectivity index (χ1) is 15.5. The van der Waals surface area contributed by atoms with Crippen molar-refractivity contribution in [1.82, 2.24) is 10.2 Å². The van der Waals surface area contributed by atoms with Crippen molar-refractivity contribution in [3.05, 3.63) is 106 Å². The lowest BCUT2D eigenvalue weighted by atomic mass is 10.0. The zero-order valence-corrected chi connectivity index (χ0v) is 19.3. The maximum Gasteiger partial charge on any atom is 0.242 e. The number of nitrogens with zero attached hydrogens (tertiary/aromatic N) is 1. The van der Waals surface area contributed by atoms with Crippen LogP contribution in [0.2, 0.25) is 5.02 Å². The second-order valence-electron chi connectivity index (χ2n) is 7.86. The Balaban J connectivity index is 1.89. The molecule has 3 aromatic rings. The van der Waals surface area contributed by atoms with E-state index in [1.54, 1.807) is 11.9 Å². The highest BCUT2D eigenvalue weighted by Gasteiger charge is 2.29. The number of benzene rings is 3. The molecule has 0 aliphatic carbocycles. The molecule has 0 radical (unpaired) electrons. The summed E-state index contributed by atoms with van der Waals surface area (Å²) in [5, 5.41) is 3.40. The van der Waals surface area contributed by atoms with Gasteiger partial charge in [-0.1, -0.05) is 84.4 Å². The largest absolute Gasteiger partial charge is 0.357 e. The average molecular weight is 449 g/mol. The molecular formula is C27H29ClN2O2. The van der Waals surface area contributed by atoms with Gasteiger partial charge in [0.25, 0.3) is 0 Å². The van der Waals surface area contributed by atoms with Gasteiger partial charge in [-0.3, -0.25) is 9.59 Å². The number of halogens is 1. The van der Waals surface area contributed by atoms with Gasteiger partial charge in [-0.25, -0.2) is 0 Å². The Hall–Kier alpha value is -3.11. The molecule has 0 spiro atoms. The molecular weight excluding hydrogens is 420 g/mol. The van der Waals surface area contributed by atoms with E-state index in [2.05, 4.69) is 5.32 Å². The molecule has 0 unspecified atom stereocenters. The lowest BCUT2D eigenvalue weighted by Gasteiger charge is -2.31. The third-order valence-electron chi connectivity index (χ3n) is 5.69. The number of aryl methyl sites for hydroxylation is 2. The van der Waals surface area contributed by atoms with E-state index in [4.69, 9.17) is 11.6 Å². The van der Waals surface area contributed by atoms with Gasteiger partial charge >= 0.3 is 0 Å². The van der Waals surface area contributed by atoms with Crippen LogP contribution in [0.1, 0.15) is 28.7 Å². The Morgan fingerprint density at radius 2 is 1.53 bits per heavy atom. The highest BCUT2D eigenvalue weighted by atomic mass is 35.5. The predicted molar refractivity (Wildman–Crippen MR) is 130 cm³/mol. The van der Waals surface area contributed by atoms with Gasteiger partial charge in [0, 0.05) is 31.5 Å². The number of likely N-dealkylation sites (N-methyl/N-ethyl adjacent to an activating group) is 1. The molecule has 0 bridgehead atoms. The summed E-state index contributed by atoms with van der Waals surface area (Å²) >= 11 is 6.29. The highest BCUT2D eigenvalue weighted by Crippen LogP contribution is 2.20. The van der Waals surface area contributed by atoms with Crippen LogP contribution in [0.5, 0.6) is 0 Å². The molecule has 5 heteroatoms. The fraction of sp³-hybridized carbons (Fsp3) is 0.259. The molecule has 0 aliphatic heterocycles. The van der Waals surface area contributed by atoms with Crippen LogP contribution in [0.15, 0.2) is 78.9 Å². The minimum Gasteiger partial charge on any atom is -0.357 e. The molecule has 2 amide bonds. The van der Waals surface area contributed by atoms with Crippen molar-refractivity contribution in [1.29, 1.82) is 0 Å². The number of amides is 2. The number of hydrogen-bond donors (Lipinski definition) is 1. The van der Waals surface area contributed by atoms with Crippen molar-refractivity contribution in [2.75, 3.05) is 7.05 Å². The Labute approximate surface area is 195 Å². The molecule has 4 nitrogen and oxygen atoms in total. The Morgan fingerprint density at radius 1 is 0.906 bits per heavy atom. The lowest BCUT2D eigenvalue weighted by Crippen LogP contribution is -2.49. The number of nitrogens with one attached hydrogen (secondary N) is 1. The van der Waals surface area contributed by atoms with Gasteiger partial charge in [-0.05, 0) is 41.7 Å². The third kappa shape index (κ3) is 6.21. The molecule has 0 heterocycles. The summed E-state index contributed by atoms with van der Waals surface area (Å²) in [6.07, 6.45) is 1.25. The van der Waals surface area contributed by atoms with E-state index >= 15 is 0 Å². The van der Waals surface area contributed by atoms with Gasteiger partial charge in [-0.15, -0.1) is 0 Å². The van der Waals surface area contributed by atoms with E-state index in [0.29, 0.717) is 24.4 Å². The minimum absolute atomic E-state index is 0.0716. The van der Waals surface area contributed by atoms with Gasteiger partial charge in [0.05, 0.1) is 0 Å². The maximum absolute atomic E-state index is 13.5. The second kappa shape index (κ2) is 11.5. The number of hydrogen-bond acceptors (Lipinski definition) is 2. The summed E-state index contributed by atoms with van der Waals surface area (Å²) in [5.41, 5.74) is 4.06. The first kappa shape index (κ1) is 23.6. The molecule has 0 saturated heterocycles. The van der Waals surface area contributed by atoms with Crippen LogP contribution in [0, 0.1) is 6.92 Å². The number of carbonyl (C=O) groups is 2. The fourth-order valence-electron chi connectivity index (χ4n) is 3.78.